The second-order valence-electron chi connectivity index (χ2n) is 7.68. The van der Waals surface area contributed by atoms with Gasteiger partial charge >= 0.3 is 0 Å². The lowest BCUT2D eigenvalue weighted by Crippen LogP contribution is -2.56. The number of hydrogen-bond donors (Lipinski definition) is 1. The van der Waals surface area contributed by atoms with E-state index in [1.54, 1.807) is 6.92 Å². The van der Waals surface area contributed by atoms with Gasteiger partial charge in [0, 0.05) is 47.7 Å². The minimum absolute atomic E-state index is 0.0544. The van der Waals surface area contributed by atoms with Crippen molar-refractivity contribution in [1.82, 2.24) is 20.2 Å². The number of nitrogens with one attached hydrogen (secondary N) is 1. The van der Waals surface area contributed by atoms with E-state index in [4.69, 9.17) is 4.98 Å². The van der Waals surface area contributed by atoms with E-state index in [2.05, 4.69) is 43.3 Å². The van der Waals surface area contributed by atoms with Gasteiger partial charge in [0.05, 0.1) is 5.69 Å². The van der Waals surface area contributed by atoms with Crippen molar-refractivity contribution in [2.24, 2.45) is 5.92 Å². The van der Waals surface area contributed by atoms with Gasteiger partial charge in [0.2, 0.25) is 5.91 Å². The van der Waals surface area contributed by atoms with E-state index < -0.39 is 0 Å². The molecular weight excluding hydrogens is 404 g/mol. The number of fused-ring (bicyclic) bond motifs is 3. The highest BCUT2D eigenvalue weighted by molar-refractivity contribution is 9.10. The van der Waals surface area contributed by atoms with Crippen molar-refractivity contribution >= 4 is 21.8 Å². The number of aromatic nitrogens is 2. The molecule has 1 aromatic heterocycles. The number of benzene rings is 1. The van der Waals surface area contributed by atoms with Crippen molar-refractivity contribution in [1.29, 1.82) is 0 Å². The lowest BCUT2D eigenvalue weighted by molar-refractivity contribution is -0.119. The Hall–Kier alpha value is -1.79. The van der Waals surface area contributed by atoms with E-state index in [0.717, 1.165) is 53.3 Å². The van der Waals surface area contributed by atoms with Crippen molar-refractivity contribution in [3.05, 3.63) is 46.3 Å². The number of piperidine rings is 3. The van der Waals surface area contributed by atoms with Gasteiger partial charge in [-0.25, -0.2) is 9.97 Å². The molecule has 0 radical (unpaired) electrons. The lowest BCUT2D eigenvalue weighted by Gasteiger charge is -2.49. The molecule has 4 heterocycles. The van der Waals surface area contributed by atoms with Crippen LogP contribution in [0.5, 0.6) is 0 Å². The zero-order chi connectivity index (χ0) is 19.0. The number of carbonyl (C=O) groups excluding carboxylic acids is 1. The molecule has 3 aliphatic heterocycles. The summed E-state index contributed by atoms with van der Waals surface area (Å²) in [5.74, 6) is 1.94. The molecule has 2 aromatic rings. The third kappa shape index (κ3) is 3.92. The van der Waals surface area contributed by atoms with Crippen molar-refractivity contribution in [3.63, 3.8) is 0 Å². The van der Waals surface area contributed by atoms with Gasteiger partial charge in [-0.2, -0.15) is 0 Å². The summed E-state index contributed by atoms with van der Waals surface area (Å²) in [6.07, 6.45) is 2.33. The first kappa shape index (κ1) is 18.6. The third-order valence-corrected chi connectivity index (χ3v) is 6.54. The molecular formula is C21H25BrN4O. The van der Waals surface area contributed by atoms with Gasteiger partial charge in [0.15, 0.2) is 0 Å². The fourth-order valence-electron chi connectivity index (χ4n) is 4.53. The number of halogens is 1. The van der Waals surface area contributed by atoms with Gasteiger partial charge in [-0.1, -0.05) is 34.1 Å². The van der Waals surface area contributed by atoms with Crippen LogP contribution in [0.1, 0.15) is 37.2 Å². The molecule has 5 rings (SSSR count). The summed E-state index contributed by atoms with van der Waals surface area (Å²) in [4.78, 5) is 23.3. The molecule has 3 fully saturated rings. The predicted octanol–water partition coefficient (Wildman–Crippen LogP) is 3.53. The van der Waals surface area contributed by atoms with E-state index in [0.29, 0.717) is 17.9 Å². The lowest BCUT2D eigenvalue weighted by atomic mass is 9.74. The van der Waals surface area contributed by atoms with E-state index in [1.807, 2.05) is 25.1 Å². The van der Waals surface area contributed by atoms with Gasteiger partial charge in [0.25, 0.3) is 0 Å². The molecule has 142 valence electrons. The molecule has 4 atom stereocenters. The average molecular weight is 429 g/mol. The van der Waals surface area contributed by atoms with E-state index in [-0.39, 0.29) is 5.91 Å². The number of aryl methyl sites for hydroxylation is 1. The van der Waals surface area contributed by atoms with Crippen LogP contribution in [0.2, 0.25) is 0 Å². The van der Waals surface area contributed by atoms with Crippen molar-refractivity contribution in [2.45, 2.75) is 38.6 Å². The largest absolute Gasteiger partial charge is 0.355 e. The Morgan fingerprint density at radius 1 is 1.33 bits per heavy atom. The minimum Gasteiger partial charge on any atom is -0.355 e. The Balaban J connectivity index is 1.58. The van der Waals surface area contributed by atoms with E-state index in [1.165, 1.54) is 6.42 Å². The number of rotatable bonds is 4. The fraction of sp³-hybridized carbons (Fsp3) is 0.476. The highest BCUT2D eigenvalue weighted by Crippen LogP contribution is 2.42. The normalized spacial score (nSPS) is 26.8. The van der Waals surface area contributed by atoms with Gasteiger partial charge in [-0.3, -0.25) is 9.69 Å². The van der Waals surface area contributed by atoms with Crippen molar-refractivity contribution < 1.29 is 4.79 Å². The summed E-state index contributed by atoms with van der Waals surface area (Å²) < 4.78 is 1.05. The summed E-state index contributed by atoms with van der Waals surface area (Å²) in [7, 11) is 0. The number of nitrogens with zero attached hydrogens (tertiary/aromatic N) is 3. The SMILES string of the molecule is CC(=O)NC[C@H]1C[C@@H]2CCN1C[C@H]2c1cc(-c2ccccc2Br)nc(C)n1. The van der Waals surface area contributed by atoms with Crippen molar-refractivity contribution in [3.8, 4) is 11.3 Å². The Bertz CT molecular complexity index is 856. The van der Waals surface area contributed by atoms with Gasteiger partial charge in [-0.05, 0) is 44.4 Å². The molecule has 1 N–H and O–H groups in total. The summed E-state index contributed by atoms with van der Waals surface area (Å²) in [6, 6.07) is 10.8. The van der Waals surface area contributed by atoms with E-state index >= 15 is 0 Å². The molecule has 5 nitrogen and oxygen atoms in total. The van der Waals surface area contributed by atoms with Crippen LogP contribution in [-0.4, -0.2) is 46.5 Å². The molecule has 1 amide bonds. The zero-order valence-electron chi connectivity index (χ0n) is 15.8. The number of carbonyl (C=O) groups is 1. The van der Waals surface area contributed by atoms with Gasteiger partial charge in [-0.15, -0.1) is 0 Å². The summed E-state index contributed by atoms with van der Waals surface area (Å²) >= 11 is 3.64. The maximum atomic E-state index is 11.3. The quantitative estimate of drug-likeness (QED) is 0.808. The molecule has 0 saturated carbocycles. The monoisotopic (exact) mass is 428 g/mol. The molecule has 1 aromatic carbocycles. The molecule has 0 spiro atoms. The maximum Gasteiger partial charge on any atom is 0.216 e. The van der Waals surface area contributed by atoms with Crippen molar-refractivity contribution in [2.75, 3.05) is 19.6 Å². The van der Waals surface area contributed by atoms with Crippen LogP contribution in [0, 0.1) is 12.8 Å². The molecule has 6 heteroatoms. The Morgan fingerprint density at radius 2 is 2.15 bits per heavy atom. The Labute approximate surface area is 168 Å². The predicted molar refractivity (Wildman–Crippen MR) is 109 cm³/mol. The second kappa shape index (κ2) is 7.68. The summed E-state index contributed by atoms with van der Waals surface area (Å²) in [6.45, 7) is 6.45. The fourth-order valence-corrected chi connectivity index (χ4v) is 5.02. The Kier molecular flexibility index (Phi) is 5.28. The molecule has 3 aliphatic rings. The molecule has 3 saturated heterocycles. The van der Waals surface area contributed by atoms with Crippen LogP contribution in [0.4, 0.5) is 0 Å². The second-order valence-corrected chi connectivity index (χ2v) is 8.54. The van der Waals surface area contributed by atoms with Gasteiger partial charge < -0.3 is 5.32 Å². The first-order chi connectivity index (χ1) is 13.0. The number of hydrogen-bond acceptors (Lipinski definition) is 4. The molecule has 2 bridgehead atoms. The molecule has 1 unspecified atom stereocenters. The minimum atomic E-state index is 0.0544. The van der Waals surface area contributed by atoms with Crippen LogP contribution in [-0.2, 0) is 4.79 Å². The highest BCUT2D eigenvalue weighted by atomic mass is 79.9. The third-order valence-electron chi connectivity index (χ3n) is 5.85. The highest BCUT2D eigenvalue weighted by Gasteiger charge is 2.41. The summed E-state index contributed by atoms with van der Waals surface area (Å²) in [5, 5.41) is 2.99. The van der Waals surface area contributed by atoms with Crippen LogP contribution in [0.3, 0.4) is 0 Å². The first-order valence-electron chi connectivity index (χ1n) is 9.60. The zero-order valence-corrected chi connectivity index (χ0v) is 17.4. The van der Waals surface area contributed by atoms with Gasteiger partial charge in [0.1, 0.15) is 5.82 Å². The molecule has 27 heavy (non-hydrogen) atoms. The topological polar surface area (TPSA) is 58.1 Å². The number of amides is 1. The Morgan fingerprint density at radius 3 is 2.85 bits per heavy atom. The van der Waals surface area contributed by atoms with Crippen LogP contribution in [0.25, 0.3) is 11.3 Å². The molecule has 0 aliphatic carbocycles. The average Bonchev–Trinajstić information content (AvgIpc) is 2.66. The van der Waals surface area contributed by atoms with Crippen LogP contribution >= 0.6 is 15.9 Å². The smallest absolute Gasteiger partial charge is 0.216 e. The first-order valence-corrected chi connectivity index (χ1v) is 10.4. The standard InChI is InChI=1S/C21H25BrN4O/c1-13-24-20(17-5-3-4-6-19(17)22)10-21(25-13)18-12-26-8-7-15(18)9-16(26)11-23-14(2)27/h3-6,10,15-16,18H,7-9,11-12H2,1-2H3,(H,23,27)/t15-,16+,18+/m0/s1. The van der Waals surface area contributed by atoms with Crippen LogP contribution < -0.4 is 5.32 Å². The summed E-state index contributed by atoms with van der Waals surface area (Å²) in [5.41, 5.74) is 3.24. The maximum absolute atomic E-state index is 11.3. The van der Waals surface area contributed by atoms with E-state index in [9.17, 15) is 4.79 Å². The van der Waals surface area contributed by atoms with Crippen LogP contribution in [0.15, 0.2) is 34.8 Å².